The van der Waals surface area contributed by atoms with Crippen LogP contribution in [0.2, 0.25) is 5.02 Å². The summed E-state index contributed by atoms with van der Waals surface area (Å²) in [6, 6.07) is 1.91. The third-order valence-electron chi connectivity index (χ3n) is 5.49. The zero-order valence-corrected chi connectivity index (χ0v) is 20.2. The highest BCUT2D eigenvalue weighted by Gasteiger charge is 2.17. The maximum absolute atomic E-state index is 10.3. The molecule has 174 valence electrons. The third-order valence-corrected chi connectivity index (χ3v) is 6.64. The number of benzene rings is 1. The van der Waals surface area contributed by atoms with Gasteiger partial charge in [0, 0.05) is 24.8 Å². The lowest BCUT2D eigenvalue weighted by molar-refractivity contribution is 0.282. The van der Waals surface area contributed by atoms with E-state index >= 15 is 0 Å². The summed E-state index contributed by atoms with van der Waals surface area (Å²) in [5.41, 5.74) is 4.04. The fraction of sp³-hybridized carbons (Fsp3) is 0.714. The molecule has 0 saturated heterocycles. The first-order valence-corrected chi connectivity index (χ1v) is 12.5. The smallest absolute Gasteiger partial charge is 0.333 e. The van der Waals surface area contributed by atoms with E-state index in [1.807, 2.05) is 19.9 Å². The van der Waals surface area contributed by atoms with E-state index in [0.717, 1.165) is 74.2 Å². The highest BCUT2D eigenvalue weighted by Crippen LogP contribution is 2.30. The molecule has 30 heavy (non-hydrogen) atoms. The Morgan fingerprint density at radius 1 is 1.17 bits per heavy atom. The van der Waals surface area contributed by atoms with E-state index in [0.29, 0.717) is 5.02 Å². The standard InChI is InChI=1S/C15H25ClN2O.C6H13NO3S/c1-5-18(6-2)8-7-17-15-11(3)9-13(10-19)14(16)12(15)4;8-11(9,10)7-6-4-2-1-3-5-6/h9,17,19H,5-8,10H2,1-4H3;6-7H,1-5H2,(H,8,9,10). The highest BCUT2D eigenvalue weighted by molar-refractivity contribution is 7.83. The van der Waals surface area contributed by atoms with Gasteiger partial charge in [-0.1, -0.05) is 50.8 Å². The molecule has 0 aliphatic heterocycles. The van der Waals surface area contributed by atoms with Crippen molar-refractivity contribution in [2.24, 2.45) is 0 Å². The van der Waals surface area contributed by atoms with Crippen LogP contribution in [0.4, 0.5) is 5.69 Å². The quantitative estimate of drug-likeness (QED) is 0.414. The normalized spacial score (nSPS) is 15.1. The Kier molecular flexibility index (Phi) is 12.2. The average molecular weight is 464 g/mol. The van der Waals surface area contributed by atoms with Gasteiger partial charge in [-0.25, -0.2) is 0 Å². The van der Waals surface area contributed by atoms with E-state index in [1.54, 1.807) is 0 Å². The first-order chi connectivity index (χ1) is 14.1. The van der Waals surface area contributed by atoms with Crippen molar-refractivity contribution in [1.82, 2.24) is 9.62 Å². The number of hydrogen-bond donors (Lipinski definition) is 4. The number of anilines is 1. The summed E-state index contributed by atoms with van der Waals surface area (Å²) >= 11 is 6.26. The summed E-state index contributed by atoms with van der Waals surface area (Å²) < 4.78 is 31.3. The van der Waals surface area contributed by atoms with Gasteiger partial charge in [0.2, 0.25) is 0 Å². The summed E-state index contributed by atoms with van der Waals surface area (Å²) in [6.45, 7) is 12.4. The van der Waals surface area contributed by atoms with Gasteiger partial charge in [-0.05, 0) is 56.5 Å². The molecule has 0 aromatic heterocycles. The predicted molar refractivity (Wildman–Crippen MR) is 125 cm³/mol. The minimum Gasteiger partial charge on any atom is -0.392 e. The number of nitrogens with one attached hydrogen (secondary N) is 2. The van der Waals surface area contributed by atoms with Gasteiger partial charge in [-0.3, -0.25) is 4.55 Å². The monoisotopic (exact) mass is 463 g/mol. The van der Waals surface area contributed by atoms with Gasteiger partial charge in [0.25, 0.3) is 0 Å². The lowest BCUT2D eigenvalue weighted by Gasteiger charge is -2.21. The molecule has 7 nitrogen and oxygen atoms in total. The molecule has 1 aromatic carbocycles. The summed E-state index contributed by atoms with van der Waals surface area (Å²) in [4.78, 5) is 2.38. The van der Waals surface area contributed by atoms with Gasteiger partial charge < -0.3 is 15.3 Å². The van der Waals surface area contributed by atoms with Crippen LogP contribution in [-0.2, 0) is 16.9 Å². The van der Waals surface area contributed by atoms with Crippen molar-refractivity contribution >= 4 is 27.6 Å². The molecule has 1 aromatic rings. The number of aliphatic hydroxyl groups excluding tert-OH is 1. The molecular weight excluding hydrogens is 426 g/mol. The number of aryl methyl sites for hydroxylation is 1. The van der Waals surface area contributed by atoms with Crippen LogP contribution in [0.3, 0.4) is 0 Å². The molecule has 2 rings (SSSR count). The molecule has 4 N–H and O–H groups in total. The third kappa shape index (κ3) is 9.49. The lowest BCUT2D eigenvalue weighted by Crippen LogP contribution is -2.35. The maximum Gasteiger partial charge on any atom is 0.333 e. The Labute approximate surface area is 187 Å². The Morgan fingerprint density at radius 3 is 2.27 bits per heavy atom. The van der Waals surface area contributed by atoms with Crippen LogP contribution in [-0.4, -0.2) is 55.2 Å². The zero-order valence-electron chi connectivity index (χ0n) is 18.7. The van der Waals surface area contributed by atoms with Crippen LogP contribution in [0.1, 0.15) is 62.6 Å². The van der Waals surface area contributed by atoms with Crippen LogP contribution in [0.5, 0.6) is 0 Å². The van der Waals surface area contributed by atoms with E-state index in [9.17, 15) is 13.5 Å². The summed E-state index contributed by atoms with van der Waals surface area (Å²) in [6.07, 6.45) is 4.96. The van der Waals surface area contributed by atoms with Gasteiger partial charge in [0.15, 0.2) is 0 Å². The summed E-state index contributed by atoms with van der Waals surface area (Å²) in [5, 5.41) is 13.4. The van der Waals surface area contributed by atoms with E-state index in [1.165, 1.54) is 6.42 Å². The molecule has 0 unspecified atom stereocenters. The topological polar surface area (TPSA) is 102 Å². The first kappa shape index (κ1) is 27.1. The number of rotatable bonds is 9. The second-order valence-electron chi connectivity index (χ2n) is 7.71. The molecule has 0 radical (unpaired) electrons. The van der Waals surface area contributed by atoms with Crippen LogP contribution >= 0.6 is 11.6 Å². The molecule has 1 saturated carbocycles. The number of hydrogen-bond acceptors (Lipinski definition) is 5. The fourth-order valence-electron chi connectivity index (χ4n) is 3.74. The first-order valence-electron chi connectivity index (χ1n) is 10.7. The average Bonchev–Trinajstić information content (AvgIpc) is 2.70. The van der Waals surface area contributed by atoms with Crippen molar-refractivity contribution in [3.63, 3.8) is 0 Å². The van der Waals surface area contributed by atoms with Crippen molar-refractivity contribution in [3.8, 4) is 0 Å². The number of halogens is 1. The molecule has 9 heteroatoms. The molecular formula is C21H38ClN3O4S. The van der Waals surface area contributed by atoms with Gasteiger partial charge in [0.05, 0.1) is 11.6 Å². The van der Waals surface area contributed by atoms with Gasteiger partial charge in [-0.15, -0.1) is 0 Å². The molecule has 0 amide bonds. The van der Waals surface area contributed by atoms with E-state index in [2.05, 4.69) is 28.8 Å². The van der Waals surface area contributed by atoms with Crippen molar-refractivity contribution in [1.29, 1.82) is 0 Å². The molecule has 0 heterocycles. The van der Waals surface area contributed by atoms with Crippen LogP contribution in [0.25, 0.3) is 0 Å². The Morgan fingerprint density at radius 2 is 1.77 bits per heavy atom. The van der Waals surface area contributed by atoms with Crippen molar-refractivity contribution < 1.29 is 18.1 Å². The molecule has 0 spiro atoms. The van der Waals surface area contributed by atoms with Gasteiger partial charge in [-0.2, -0.15) is 13.1 Å². The van der Waals surface area contributed by atoms with Gasteiger partial charge >= 0.3 is 10.3 Å². The van der Waals surface area contributed by atoms with Crippen LogP contribution in [0.15, 0.2) is 6.07 Å². The largest absolute Gasteiger partial charge is 0.392 e. The summed E-state index contributed by atoms with van der Waals surface area (Å²) in [7, 11) is -3.97. The molecule has 0 bridgehead atoms. The maximum atomic E-state index is 10.3. The zero-order chi connectivity index (χ0) is 22.7. The second-order valence-corrected chi connectivity index (χ2v) is 9.27. The number of likely N-dealkylation sites (N-methyl/N-ethyl adjacent to an activating group) is 1. The second kappa shape index (κ2) is 13.5. The Balaban J connectivity index is 0.000000346. The van der Waals surface area contributed by atoms with Crippen molar-refractivity contribution in [2.45, 2.75) is 72.4 Å². The number of aliphatic hydroxyl groups is 1. The SMILES string of the molecule is CCN(CC)CCNc1c(C)cc(CO)c(Cl)c1C.O=S(=O)(O)NC1CCCCC1. The minimum atomic E-state index is -3.97. The fourth-order valence-corrected chi connectivity index (χ4v) is 4.61. The molecule has 1 fully saturated rings. The van der Waals surface area contributed by atoms with E-state index < -0.39 is 10.3 Å². The highest BCUT2D eigenvalue weighted by atomic mass is 35.5. The van der Waals surface area contributed by atoms with Crippen molar-refractivity contribution in [3.05, 3.63) is 27.8 Å². The van der Waals surface area contributed by atoms with E-state index in [4.69, 9.17) is 16.2 Å². The van der Waals surface area contributed by atoms with E-state index in [-0.39, 0.29) is 12.6 Å². The number of nitrogens with zero attached hydrogens (tertiary/aromatic N) is 1. The van der Waals surface area contributed by atoms with Crippen LogP contribution in [0, 0.1) is 13.8 Å². The molecule has 1 aliphatic rings. The minimum absolute atomic E-state index is 0.0137. The lowest BCUT2D eigenvalue weighted by atomic mass is 9.96. The van der Waals surface area contributed by atoms with Crippen LogP contribution < -0.4 is 10.0 Å². The Bertz CT molecular complexity index is 749. The Hall–Kier alpha value is -0.900. The molecule has 1 aliphatic carbocycles. The van der Waals surface area contributed by atoms with Crippen molar-refractivity contribution in [2.75, 3.05) is 31.5 Å². The molecule has 0 atom stereocenters. The predicted octanol–water partition coefficient (Wildman–Crippen LogP) is 3.91. The van der Waals surface area contributed by atoms with Gasteiger partial charge in [0.1, 0.15) is 0 Å². The summed E-state index contributed by atoms with van der Waals surface area (Å²) in [5.74, 6) is 0.